The number of aliphatic imine (C=N–C) groups is 1. The van der Waals surface area contributed by atoms with Crippen molar-refractivity contribution < 1.29 is 13.2 Å². The lowest BCUT2D eigenvalue weighted by Gasteiger charge is -2.22. The van der Waals surface area contributed by atoms with Crippen LogP contribution in [0.3, 0.4) is 0 Å². The van der Waals surface area contributed by atoms with Crippen LogP contribution in [0.5, 0.6) is 5.75 Å². The molecule has 0 aliphatic rings. The predicted molar refractivity (Wildman–Crippen MR) is 128 cm³/mol. The fourth-order valence-electron chi connectivity index (χ4n) is 2.39. The van der Waals surface area contributed by atoms with Gasteiger partial charge in [0.25, 0.3) is 0 Å². The van der Waals surface area contributed by atoms with Gasteiger partial charge >= 0.3 is 0 Å². The van der Waals surface area contributed by atoms with Crippen LogP contribution in [-0.2, 0) is 16.6 Å². The third kappa shape index (κ3) is 8.77. The van der Waals surface area contributed by atoms with Crippen LogP contribution in [0.4, 0.5) is 0 Å². The molecule has 0 fully saturated rings. The van der Waals surface area contributed by atoms with E-state index in [1.165, 1.54) is 12.1 Å². The average Bonchev–Trinajstić information content (AvgIpc) is 2.66. The van der Waals surface area contributed by atoms with E-state index in [2.05, 4.69) is 10.3 Å². The van der Waals surface area contributed by atoms with Crippen molar-refractivity contribution >= 4 is 51.6 Å². The van der Waals surface area contributed by atoms with Crippen LogP contribution in [0.15, 0.2) is 58.4 Å². The first kappa shape index (κ1) is 25.5. The molecule has 0 spiro atoms. The van der Waals surface area contributed by atoms with Gasteiger partial charge in [0.05, 0.1) is 18.0 Å². The van der Waals surface area contributed by atoms with Gasteiger partial charge in [0, 0.05) is 18.6 Å². The molecule has 3 N–H and O–H groups in total. The normalized spacial score (nSPS) is 11.5. The highest BCUT2D eigenvalue weighted by Crippen LogP contribution is 2.15. The molecule has 7 nitrogen and oxygen atoms in total. The number of ether oxygens (including phenoxy) is 1. The second kappa shape index (κ2) is 12.2. The average molecular weight is 553 g/mol. The Labute approximate surface area is 194 Å². The van der Waals surface area contributed by atoms with Crippen molar-refractivity contribution in [3.8, 4) is 5.75 Å². The molecule has 0 aliphatic carbocycles. The van der Waals surface area contributed by atoms with Gasteiger partial charge in [-0.15, -0.1) is 24.0 Å². The Kier molecular flexibility index (Phi) is 10.7. The van der Waals surface area contributed by atoms with Crippen molar-refractivity contribution in [3.63, 3.8) is 0 Å². The van der Waals surface area contributed by atoms with Crippen LogP contribution in [0.2, 0.25) is 5.02 Å². The minimum atomic E-state index is -3.73. The summed E-state index contributed by atoms with van der Waals surface area (Å²) in [6, 6.07) is 13.7. The van der Waals surface area contributed by atoms with Crippen LogP contribution < -0.4 is 15.2 Å². The molecule has 0 unspecified atom stereocenters. The van der Waals surface area contributed by atoms with E-state index in [4.69, 9.17) is 21.5 Å². The maximum absolute atomic E-state index is 11.5. The molecule has 160 valence electrons. The summed E-state index contributed by atoms with van der Waals surface area (Å²) in [5, 5.41) is 9.06. The number of nitrogens with one attached hydrogen (secondary N) is 1. The van der Waals surface area contributed by atoms with Gasteiger partial charge in [0.2, 0.25) is 10.0 Å². The van der Waals surface area contributed by atoms with Crippen molar-refractivity contribution in [2.75, 3.05) is 26.7 Å². The van der Waals surface area contributed by atoms with Crippen molar-refractivity contribution in [3.05, 3.63) is 59.1 Å². The summed E-state index contributed by atoms with van der Waals surface area (Å²) in [4.78, 5) is 6.59. The molecule has 0 saturated heterocycles. The highest BCUT2D eigenvalue weighted by atomic mass is 127. The smallest absolute Gasteiger partial charge is 0.238 e. The van der Waals surface area contributed by atoms with Crippen LogP contribution in [0, 0.1) is 0 Å². The zero-order valence-corrected chi connectivity index (χ0v) is 20.2. The number of hydrogen-bond donors (Lipinski definition) is 2. The van der Waals surface area contributed by atoms with Gasteiger partial charge in [-0.25, -0.2) is 18.5 Å². The Hall–Kier alpha value is -1.56. The number of rotatable bonds is 8. The van der Waals surface area contributed by atoms with E-state index in [1.54, 1.807) is 18.2 Å². The zero-order chi connectivity index (χ0) is 20.6. The van der Waals surface area contributed by atoms with Crippen LogP contribution in [-0.4, -0.2) is 46.0 Å². The number of nitrogens with zero attached hydrogens (tertiary/aromatic N) is 2. The van der Waals surface area contributed by atoms with Crippen molar-refractivity contribution in [1.82, 2.24) is 10.2 Å². The maximum atomic E-state index is 11.5. The van der Waals surface area contributed by atoms with Gasteiger partial charge in [0.1, 0.15) is 12.4 Å². The third-order valence-corrected chi connectivity index (χ3v) is 5.01. The predicted octanol–water partition coefficient (Wildman–Crippen LogP) is 3.08. The van der Waals surface area contributed by atoms with Crippen molar-refractivity contribution in [2.24, 2.45) is 10.1 Å². The number of nitrogens with two attached hydrogens (primary N) is 1. The second-order valence-corrected chi connectivity index (χ2v) is 8.08. The minimum Gasteiger partial charge on any atom is -0.492 e. The molecular weight excluding hydrogens is 527 g/mol. The second-order valence-electron chi connectivity index (χ2n) is 6.09. The molecule has 0 saturated carbocycles. The van der Waals surface area contributed by atoms with Gasteiger partial charge in [-0.05, 0) is 48.9 Å². The highest BCUT2D eigenvalue weighted by molar-refractivity contribution is 14.0. The molecule has 2 aromatic rings. The van der Waals surface area contributed by atoms with Crippen molar-refractivity contribution in [1.29, 1.82) is 0 Å². The SMILES string of the molecule is CCNC(=NCc1cccc(S(N)(=O)=O)c1)N(C)CCOc1ccc(Cl)cc1.I. The van der Waals surface area contributed by atoms with E-state index < -0.39 is 10.0 Å². The Balaban J connectivity index is 0.00000420. The quantitative estimate of drug-likeness (QED) is 0.298. The van der Waals surface area contributed by atoms with E-state index in [9.17, 15) is 8.42 Å². The van der Waals surface area contributed by atoms with E-state index >= 15 is 0 Å². The van der Waals surface area contributed by atoms with Gasteiger partial charge in [-0.2, -0.15) is 0 Å². The molecular formula is C19H26ClIN4O3S. The van der Waals surface area contributed by atoms with E-state index in [0.29, 0.717) is 37.2 Å². The molecule has 0 atom stereocenters. The Morgan fingerprint density at radius 3 is 2.55 bits per heavy atom. The number of guanidine groups is 1. The standard InChI is InChI=1S/C19H25ClN4O3S.HI/c1-3-22-19(23-14-15-5-4-6-18(13-15)28(21,25)26)24(2)11-12-27-17-9-7-16(20)8-10-17;/h4-10,13H,3,11-12,14H2,1-2H3,(H,22,23)(H2,21,25,26);1H. The number of halogens is 2. The van der Waals surface area contributed by atoms with Crippen molar-refractivity contribution in [2.45, 2.75) is 18.4 Å². The van der Waals surface area contributed by atoms with Crippen LogP contribution in [0.1, 0.15) is 12.5 Å². The third-order valence-electron chi connectivity index (χ3n) is 3.84. The van der Waals surface area contributed by atoms with Crippen LogP contribution in [0.25, 0.3) is 0 Å². The summed E-state index contributed by atoms with van der Waals surface area (Å²) in [6.07, 6.45) is 0. The molecule has 0 aromatic heterocycles. The first-order valence-corrected chi connectivity index (χ1v) is 10.7. The van der Waals surface area contributed by atoms with Crippen LogP contribution >= 0.6 is 35.6 Å². The topological polar surface area (TPSA) is 97.0 Å². The Bertz CT molecular complexity index is 908. The number of benzene rings is 2. The van der Waals surface area contributed by atoms with E-state index in [0.717, 1.165) is 11.3 Å². The summed E-state index contributed by atoms with van der Waals surface area (Å²) < 4.78 is 28.7. The largest absolute Gasteiger partial charge is 0.492 e. The maximum Gasteiger partial charge on any atom is 0.238 e. The van der Waals surface area contributed by atoms with Gasteiger partial charge in [-0.3, -0.25) is 0 Å². The summed E-state index contributed by atoms with van der Waals surface area (Å²) in [6.45, 7) is 4.11. The molecule has 0 bridgehead atoms. The molecule has 0 aliphatic heterocycles. The summed E-state index contributed by atoms with van der Waals surface area (Å²) in [5.41, 5.74) is 0.757. The minimum absolute atomic E-state index is 0. The monoisotopic (exact) mass is 552 g/mol. The van der Waals surface area contributed by atoms with E-state index in [1.807, 2.05) is 37.1 Å². The van der Waals surface area contributed by atoms with Gasteiger partial charge in [-0.1, -0.05) is 23.7 Å². The fraction of sp³-hybridized carbons (Fsp3) is 0.316. The zero-order valence-electron chi connectivity index (χ0n) is 16.3. The molecule has 0 radical (unpaired) electrons. The lowest BCUT2D eigenvalue weighted by Crippen LogP contribution is -2.40. The summed E-state index contributed by atoms with van der Waals surface area (Å²) in [7, 11) is -1.82. The van der Waals surface area contributed by atoms with Gasteiger partial charge < -0.3 is 15.0 Å². The molecule has 0 heterocycles. The first-order chi connectivity index (χ1) is 13.3. The molecule has 2 aromatic carbocycles. The van der Waals surface area contributed by atoms with E-state index in [-0.39, 0.29) is 28.9 Å². The molecule has 2 rings (SSSR count). The summed E-state index contributed by atoms with van der Waals surface area (Å²) in [5.74, 6) is 1.45. The fourth-order valence-corrected chi connectivity index (χ4v) is 3.10. The number of primary sulfonamides is 1. The lowest BCUT2D eigenvalue weighted by molar-refractivity contribution is 0.281. The molecule has 0 amide bonds. The molecule has 29 heavy (non-hydrogen) atoms. The Morgan fingerprint density at radius 1 is 1.24 bits per heavy atom. The Morgan fingerprint density at radius 2 is 1.93 bits per heavy atom. The first-order valence-electron chi connectivity index (χ1n) is 8.79. The van der Waals surface area contributed by atoms with Gasteiger partial charge in [0.15, 0.2) is 5.96 Å². The molecule has 10 heteroatoms. The lowest BCUT2D eigenvalue weighted by atomic mass is 10.2. The highest BCUT2D eigenvalue weighted by Gasteiger charge is 2.09. The number of hydrogen-bond acceptors (Lipinski definition) is 4. The number of likely N-dealkylation sites (N-methyl/N-ethyl adjacent to an activating group) is 1. The number of sulfonamides is 1. The summed E-state index contributed by atoms with van der Waals surface area (Å²) >= 11 is 5.86.